The van der Waals surface area contributed by atoms with E-state index in [1.807, 2.05) is 59.6 Å². The van der Waals surface area contributed by atoms with Crippen molar-refractivity contribution >= 4 is 17.1 Å². The number of hydrazone groups is 1. The van der Waals surface area contributed by atoms with E-state index in [1.165, 1.54) is 11.6 Å². The molecule has 1 heterocycles. The second-order valence-corrected chi connectivity index (χ2v) is 7.74. The summed E-state index contributed by atoms with van der Waals surface area (Å²) < 4.78 is 0. The Morgan fingerprint density at radius 3 is 2.06 bits per heavy atom. The first-order valence-electron chi connectivity index (χ1n) is 10.5. The van der Waals surface area contributed by atoms with Gasteiger partial charge in [-0.1, -0.05) is 84.9 Å². The highest BCUT2D eigenvalue weighted by atomic mass is 16.6. The Balaban J connectivity index is 1.50. The standard InChI is InChI=1S/C27H21N3O2/c31-30(32)25-13-7-10-23(18-25)27-19-26(28-29(27)24-11-5-2-6-12-24)22-16-14-21(15-17-22)20-8-3-1-4-9-20/h1-18,27H,19H2. The molecular formula is C27H21N3O2. The highest BCUT2D eigenvalue weighted by Crippen LogP contribution is 2.37. The number of nitro groups is 1. The molecule has 0 fully saturated rings. The van der Waals surface area contributed by atoms with Gasteiger partial charge in [-0.3, -0.25) is 15.1 Å². The van der Waals surface area contributed by atoms with Gasteiger partial charge in [-0.15, -0.1) is 0 Å². The monoisotopic (exact) mass is 419 g/mol. The van der Waals surface area contributed by atoms with Crippen molar-refractivity contribution in [1.29, 1.82) is 0 Å². The second kappa shape index (κ2) is 8.47. The molecule has 1 atom stereocenters. The van der Waals surface area contributed by atoms with Gasteiger partial charge in [0.15, 0.2) is 0 Å². The predicted octanol–water partition coefficient (Wildman–Crippen LogP) is 6.62. The minimum Gasteiger partial charge on any atom is -0.258 e. The van der Waals surface area contributed by atoms with E-state index in [0.29, 0.717) is 6.42 Å². The summed E-state index contributed by atoms with van der Waals surface area (Å²) in [5.41, 5.74) is 6.28. The fraction of sp³-hybridized carbons (Fsp3) is 0.0741. The summed E-state index contributed by atoms with van der Waals surface area (Å²) in [6, 6.07) is 35.4. The molecule has 0 saturated heterocycles. The van der Waals surface area contributed by atoms with Crippen molar-refractivity contribution in [2.45, 2.75) is 12.5 Å². The van der Waals surface area contributed by atoms with Crippen LogP contribution in [0.4, 0.5) is 11.4 Å². The average Bonchev–Trinajstić information content (AvgIpc) is 3.31. The van der Waals surface area contributed by atoms with Crippen LogP contribution in [0.15, 0.2) is 114 Å². The molecule has 4 aromatic rings. The minimum atomic E-state index is -0.352. The van der Waals surface area contributed by atoms with Gasteiger partial charge in [-0.05, 0) is 34.4 Å². The van der Waals surface area contributed by atoms with Crippen molar-refractivity contribution in [3.8, 4) is 11.1 Å². The van der Waals surface area contributed by atoms with Gasteiger partial charge in [0, 0.05) is 18.6 Å². The van der Waals surface area contributed by atoms with Crippen LogP contribution in [-0.4, -0.2) is 10.6 Å². The Bertz CT molecular complexity index is 1270. The Kier molecular flexibility index (Phi) is 5.22. The molecule has 0 aromatic heterocycles. The Morgan fingerprint density at radius 2 is 1.38 bits per heavy atom. The number of benzene rings is 4. The molecule has 1 aliphatic heterocycles. The van der Waals surface area contributed by atoms with Crippen LogP contribution < -0.4 is 5.01 Å². The number of nitrogens with zero attached hydrogens (tertiary/aromatic N) is 3. The Hall–Kier alpha value is -4.25. The molecule has 5 nitrogen and oxygen atoms in total. The maximum Gasteiger partial charge on any atom is 0.269 e. The van der Waals surface area contributed by atoms with E-state index in [0.717, 1.165) is 28.1 Å². The lowest BCUT2D eigenvalue weighted by Gasteiger charge is -2.23. The Morgan fingerprint density at radius 1 is 0.750 bits per heavy atom. The second-order valence-electron chi connectivity index (χ2n) is 7.74. The summed E-state index contributed by atoms with van der Waals surface area (Å²) in [6.45, 7) is 0. The van der Waals surface area contributed by atoms with E-state index in [4.69, 9.17) is 5.10 Å². The number of nitro benzene ring substituents is 1. The summed E-state index contributed by atoms with van der Waals surface area (Å²) >= 11 is 0. The molecule has 156 valence electrons. The van der Waals surface area contributed by atoms with Crippen LogP contribution >= 0.6 is 0 Å². The third-order valence-electron chi connectivity index (χ3n) is 5.72. The van der Waals surface area contributed by atoms with Crippen molar-refractivity contribution in [1.82, 2.24) is 0 Å². The maximum atomic E-state index is 11.3. The number of para-hydroxylation sites is 1. The van der Waals surface area contributed by atoms with Crippen LogP contribution in [0.3, 0.4) is 0 Å². The fourth-order valence-corrected chi connectivity index (χ4v) is 4.09. The quantitative estimate of drug-likeness (QED) is 0.270. The molecule has 0 aliphatic carbocycles. The van der Waals surface area contributed by atoms with Gasteiger partial charge in [0.1, 0.15) is 0 Å². The molecule has 5 rings (SSSR count). The van der Waals surface area contributed by atoms with Gasteiger partial charge in [0.05, 0.1) is 22.4 Å². The molecule has 0 amide bonds. The topological polar surface area (TPSA) is 58.7 Å². The van der Waals surface area contributed by atoms with Gasteiger partial charge in [-0.2, -0.15) is 5.10 Å². The fourth-order valence-electron chi connectivity index (χ4n) is 4.09. The first-order valence-corrected chi connectivity index (χ1v) is 10.5. The summed E-state index contributed by atoms with van der Waals surface area (Å²) in [5.74, 6) is 0. The van der Waals surface area contributed by atoms with E-state index in [1.54, 1.807) is 12.1 Å². The van der Waals surface area contributed by atoms with E-state index >= 15 is 0 Å². The molecule has 0 N–H and O–H groups in total. The average molecular weight is 419 g/mol. The van der Waals surface area contributed by atoms with Gasteiger partial charge >= 0.3 is 0 Å². The minimum absolute atomic E-state index is 0.0937. The highest BCUT2D eigenvalue weighted by molar-refractivity contribution is 6.03. The lowest BCUT2D eigenvalue weighted by Crippen LogP contribution is -2.18. The molecule has 0 bridgehead atoms. The number of hydrogen-bond acceptors (Lipinski definition) is 4. The zero-order valence-electron chi connectivity index (χ0n) is 17.3. The largest absolute Gasteiger partial charge is 0.269 e. The lowest BCUT2D eigenvalue weighted by molar-refractivity contribution is -0.384. The number of rotatable bonds is 5. The Labute approximate surface area is 186 Å². The van der Waals surface area contributed by atoms with Crippen molar-refractivity contribution < 1.29 is 4.92 Å². The van der Waals surface area contributed by atoms with Crippen LogP contribution in [0.1, 0.15) is 23.6 Å². The molecule has 4 aromatic carbocycles. The highest BCUT2D eigenvalue weighted by Gasteiger charge is 2.30. The van der Waals surface area contributed by atoms with Gasteiger partial charge in [0.25, 0.3) is 5.69 Å². The van der Waals surface area contributed by atoms with Crippen LogP contribution in [0.5, 0.6) is 0 Å². The van der Waals surface area contributed by atoms with Crippen molar-refractivity contribution in [2.24, 2.45) is 5.10 Å². The van der Waals surface area contributed by atoms with Gasteiger partial charge in [-0.25, -0.2) is 0 Å². The van der Waals surface area contributed by atoms with Crippen LogP contribution in [0.25, 0.3) is 11.1 Å². The molecule has 0 radical (unpaired) electrons. The lowest BCUT2D eigenvalue weighted by atomic mass is 9.96. The summed E-state index contributed by atoms with van der Waals surface area (Å²) in [6.07, 6.45) is 0.667. The SMILES string of the molecule is O=[N+]([O-])c1cccc(C2CC(c3ccc(-c4ccccc4)cc3)=NN2c2ccccc2)c1. The van der Waals surface area contributed by atoms with E-state index < -0.39 is 0 Å². The molecule has 1 unspecified atom stereocenters. The van der Waals surface area contributed by atoms with Gasteiger partial charge in [0.2, 0.25) is 0 Å². The zero-order valence-corrected chi connectivity index (χ0v) is 17.3. The summed E-state index contributed by atoms with van der Waals surface area (Å²) in [7, 11) is 0. The first-order chi connectivity index (χ1) is 15.7. The van der Waals surface area contributed by atoms with E-state index in [9.17, 15) is 10.1 Å². The van der Waals surface area contributed by atoms with Crippen LogP contribution in [0, 0.1) is 10.1 Å². The number of hydrogen-bond donors (Lipinski definition) is 0. The smallest absolute Gasteiger partial charge is 0.258 e. The summed E-state index contributed by atoms with van der Waals surface area (Å²) in [5, 5.41) is 18.2. The van der Waals surface area contributed by atoms with Gasteiger partial charge < -0.3 is 0 Å². The zero-order chi connectivity index (χ0) is 21.9. The first kappa shape index (κ1) is 19.7. The normalized spacial score (nSPS) is 15.4. The molecular weight excluding hydrogens is 398 g/mol. The van der Waals surface area contributed by atoms with Crippen LogP contribution in [-0.2, 0) is 0 Å². The van der Waals surface area contributed by atoms with E-state index in [-0.39, 0.29) is 16.7 Å². The summed E-state index contributed by atoms with van der Waals surface area (Å²) in [4.78, 5) is 11.0. The predicted molar refractivity (Wildman–Crippen MR) is 128 cm³/mol. The van der Waals surface area contributed by atoms with Crippen molar-refractivity contribution in [2.75, 3.05) is 5.01 Å². The molecule has 0 spiro atoms. The third-order valence-corrected chi connectivity index (χ3v) is 5.72. The number of non-ortho nitro benzene ring substituents is 1. The van der Waals surface area contributed by atoms with Crippen molar-refractivity contribution in [3.05, 3.63) is 130 Å². The third kappa shape index (κ3) is 3.88. The number of anilines is 1. The van der Waals surface area contributed by atoms with Crippen molar-refractivity contribution in [3.63, 3.8) is 0 Å². The molecule has 0 saturated carbocycles. The molecule has 1 aliphatic rings. The van der Waals surface area contributed by atoms with Crippen LogP contribution in [0.2, 0.25) is 0 Å². The molecule has 32 heavy (non-hydrogen) atoms. The maximum absolute atomic E-state index is 11.3. The molecule has 5 heteroatoms. The van der Waals surface area contributed by atoms with E-state index in [2.05, 4.69) is 36.4 Å².